The van der Waals surface area contributed by atoms with Crippen molar-refractivity contribution in [3.05, 3.63) is 54.1 Å². The van der Waals surface area contributed by atoms with Crippen LogP contribution in [0.1, 0.15) is 44.0 Å². The molecule has 1 amide bonds. The van der Waals surface area contributed by atoms with E-state index in [1.165, 1.54) is 22.8 Å². The molecule has 10 heteroatoms. The number of anilines is 1. The van der Waals surface area contributed by atoms with Crippen LogP contribution in [0.5, 0.6) is 0 Å². The Hall–Kier alpha value is -3.11. The van der Waals surface area contributed by atoms with Crippen LogP contribution in [-0.2, 0) is 14.8 Å². The lowest BCUT2D eigenvalue weighted by atomic mass is 9.96. The first kappa shape index (κ1) is 23.1. The van der Waals surface area contributed by atoms with E-state index in [0.717, 1.165) is 5.56 Å². The summed E-state index contributed by atoms with van der Waals surface area (Å²) in [6.07, 6.45) is 3.75. The van der Waals surface area contributed by atoms with Gasteiger partial charge in [0, 0.05) is 37.3 Å². The number of amides is 1. The first-order valence-electron chi connectivity index (χ1n) is 10.9. The highest BCUT2D eigenvalue weighted by atomic mass is 32.2. The number of carbonyl (C=O) groups is 1. The minimum Gasteiger partial charge on any atom is -0.334 e. The number of nitrogens with zero attached hydrogens (tertiary/aromatic N) is 4. The van der Waals surface area contributed by atoms with Crippen molar-refractivity contribution in [1.82, 2.24) is 19.4 Å². The summed E-state index contributed by atoms with van der Waals surface area (Å²) < 4.78 is 32.5. The summed E-state index contributed by atoms with van der Waals surface area (Å²) in [6, 6.07) is 8.75. The maximum Gasteiger partial charge on any atom is 0.260 e. The third kappa shape index (κ3) is 4.81. The van der Waals surface area contributed by atoms with Crippen molar-refractivity contribution >= 4 is 21.6 Å². The molecule has 0 spiro atoms. The number of benzene rings is 1. The monoisotopic (exact) mass is 469 g/mol. The average Bonchev–Trinajstić information content (AvgIpc) is 3.31. The summed E-state index contributed by atoms with van der Waals surface area (Å²) >= 11 is 0. The Kier molecular flexibility index (Phi) is 6.57. The van der Waals surface area contributed by atoms with Gasteiger partial charge in [0.15, 0.2) is 5.82 Å². The van der Waals surface area contributed by atoms with E-state index in [-0.39, 0.29) is 35.7 Å². The van der Waals surface area contributed by atoms with E-state index < -0.39 is 10.0 Å². The summed E-state index contributed by atoms with van der Waals surface area (Å²) in [4.78, 5) is 21.6. The molecule has 9 nitrogen and oxygen atoms in total. The van der Waals surface area contributed by atoms with Crippen LogP contribution in [0.2, 0.25) is 0 Å². The number of hydrogen-bond acceptors (Lipinski definition) is 7. The predicted octanol–water partition coefficient (Wildman–Crippen LogP) is 3.60. The second-order valence-corrected chi connectivity index (χ2v) is 10.4. The molecule has 3 aromatic rings. The number of carbonyl (C=O) groups excluding carboxylic acids is 1. The number of aryl methyl sites for hydroxylation is 1. The largest absolute Gasteiger partial charge is 0.334 e. The molecule has 1 aliphatic heterocycles. The third-order valence-electron chi connectivity index (χ3n) is 5.81. The normalized spacial score (nSPS) is 15.6. The van der Waals surface area contributed by atoms with E-state index in [1.54, 1.807) is 6.07 Å². The van der Waals surface area contributed by atoms with Crippen LogP contribution in [0, 0.1) is 12.8 Å². The van der Waals surface area contributed by atoms with Crippen molar-refractivity contribution in [2.24, 2.45) is 5.92 Å². The van der Waals surface area contributed by atoms with Crippen molar-refractivity contribution in [2.45, 2.75) is 44.4 Å². The number of sulfonamides is 1. The fraction of sp³-hybridized carbons (Fsp3) is 0.391. The highest BCUT2D eigenvalue weighted by Gasteiger charge is 2.32. The van der Waals surface area contributed by atoms with E-state index in [9.17, 15) is 13.2 Å². The molecule has 0 saturated carbocycles. The quantitative estimate of drug-likeness (QED) is 0.586. The second kappa shape index (κ2) is 9.40. The van der Waals surface area contributed by atoms with Crippen LogP contribution in [0.15, 0.2) is 52.1 Å². The van der Waals surface area contributed by atoms with Crippen LogP contribution in [-0.4, -0.2) is 46.8 Å². The molecule has 4 rings (SSSR count). The topological polar surface area (TPSA) is 118 Å². The van der Waals surface area contributed by atoms with Gasteiger partial charge in [0.1, 0.15) is 4.90 Å². The van der Waals surface area contributed by atoms with E-state index in [4.69, 9.17) is 4.52 Å². The molecule has 1 aromatic carbocycles. The summed E-state index contributed by atoms with van der Waals surface area (Å²) in [6.45, 7) is 6.42. The number of nitrogens with one attached hydrogen (secondary N) is 1. The van der Waals surface area contributed by atoms with Crippen molar-refractivity contribution in [2.75, 3.05) is 18.4 Å². The number of para-hydroxylation sites is 1. The van der Waals surface area contributed by atoms with Gasteiger partial charge in [0.05, 0.1) is 11.3 Å². The zero-order valence-corrected chi connectivity index (χ0v) is 19.7. The van der Waals surface area contributed by atoms with Gasteiger partial charge in [0.2, 0.25) is 15.9 Å². The average molecular weight is 470 g/mol. The Morgan fingerprint density at radius 2 is 1.94 bits per heavy atom. The Morgan fingerprint density at radius 3 is 2.58 bits per heavy atom. The fourth-order valence-corrected chi connectivity index (χ4v) is 5.26. The standard InChI is InChI=1S/C23H27N5O4S/c1-15(2)21-26-23(32-27-21)19-8-4-6-16(3)20(19)25-22(29)17-9-12-28(13-10-17)33(30,31)18-7-5-11-24-14-18/h4-8,11,14-15,17H,9-10,12-13H2,1-3H3,(H,25,29). The molecule has 1 saturated heterocycles. The first-order valence-corrected chi connectivity index (χ1v) is 12.4. The van der Waals surface area contributed by atoms with Crippen molar-refractivity contribution in [3.8, 4) is 11.5 Å². The summed E-state index contributed by atoms with van der Waals surface area (Å²) in [5.41, 5.74) is 2.17. The lowest BCUT2D eigenvalue weighted by Gasteiger charge is -2.30. The smallest absolute Gasteiger partial charge is 0.260 e. The minimum atomic E-state index is -3.61. The number of rotatable bonds is 6. The lowest BCUT2D eigenvalue weighted by molar-refractivity contribution is -0.120. The van der Waals surface area contributed by atoms with E-state index >= 15 is 0 Å². The van der Waals surface area contributed by atoms with Crippen LogP contribution in [0.25, 0.3) is 11.5 Å². The lowest BCUT2D eigenvalue weighted by Crippen LogP contribution is -2.41. The molecule has 1 aliphatic rings. The van der Waals surface area contributed by atoms with Gasteiger partial charge < -0.3 is 9.84 Å². The Morgan fingerprint density at radius 1 is 1.18 bits per heavy atom. The molecule has 0 bridgehead atoms. The molecular weight excluding hydrogens is 442 g/mol. The molecule has 0 aliphatic carbocycles. The maximum atomic E-state index is 13.1. The zero-order chi connectivity index (χ0) is 23.6. The minimum absolute atomic E-state index is 0.124. The van der Waals surface area contributed by atoms with Gasteiger partial charge in [-0.05, 0) is 43.5 Å². The summed E-state index contributed by atoms with van der Waals surface area (Å²) in [5, 5.41) is 7.05. The molecule has 0 atom stereocenters. The van der Waals surface area contributed by atoms with E-state index in [1.807, 2.05) is 39.0 Å². The third-order valence-corrected chi connectivity index (χ3v) is 7.69. The van der Waals surface area contributed by atoms with Gasteiger partial charge >= 0.3 is 0 Å². The molecule has 174 valence electrons. The van der Waals surface area contributed by atoms with Gasteiger partial charge in [-0.2, -0.15) is 9.29 Å². The molecule has 0 unspecified atom stereocenters. The van der Waals surface area contributed by atoms with Crippen molar-refractivity contribution < 1.29 is 17.7 Å². The predicted molar refractivity (Wildman–Crippen MR) is 123 cm³/mol. The van der Waals surface area contributed by atoms with Crippen LogP contribution in [0.4, 0.5) is 5.69 Å². The van der Waals surface area contributed by atoms with Crippen molar-refractivity contribution in [1.29, 1.82) is 0 Å². The molecule has 1 N–H and O–H groups in total. The van der Waals surface area contributed by atoms with Gasteiger partial charge in [0.25, 0.3) is 5.89 Å². The van der Waals surface area contributed by atoms with Gasteiger partial charge in [-0.25, -0.2) is 8.42 Å². The van der Waals surface area contributed by atoms with Crippen molar-refractivity contribution in [3.63, 3.8) is 0 Å². The van der Waals surface area contributed by atoms with E-state index in [0.29, 0.717) is 35.8 Å². The van der Waals surface area contributed by atoms with Gasteiger partial charge in [-0.3, -0.25) is 9.78 Å². The molecular formula is C23H27N5O4S. The zero-order valence-electron chi connectivity index (χ0n) is 18.9. The molecule has 3 heterocycles. The number of pyridine rings is 1. The Bertz CT molecular complexity index is 1230. The van der Waals surface area contributed by atoms with Gasteiger partial charge in [-0.1, -0.05) is 31.1 Å². The molecule has 1 fully saturated rings. The number of aromatic nitrogens is 3. The van der Waals surface area contributed by atoms with Gasteiger partial charge in [-0.15, -0.1) is 0 Å². The maximum absolute atomic E-state index is 13.1. The van der Waals surface area contributed by atoms with Crippen LogP contribution in [0.3, 0.4) is 0 Å². The summed E-state index contributed by atoms with van der Waals surface area (Å²) in [5.74, 6) is 0.638. The molecule has 2 aromatic heterocycles. The molecule has 33 heavy (non-hydrogen) atoms. The number of piperidine rings is 1. The second-order valence-electron chi connectivity index (χ2n) is 8.47. The highest BCUT2D eigenvalue weighted by Crippen LogP contribution is 2.32. The van der Waals surface area contributed by atoms with Crippen LogP contribution < -0.4 is 5.32 Å². The Balaban J connectivity index is 1.47. The summed E-state index contributed by atoms with van der Waals surface area (Å²) in [7, 11) is -3.61. The highest BCUT2D eigenvalue weighted by molar-refractivity contribution is 7.89. The molecule has 0 radical (unpaired) electrons. The Labute approximate surface area is 193 Å². The first-order chi connectivity index (χ1) is 15.8. The van der Waals surface area contributed by atoms with Crippen LogP contribution >= 0.6 is 0 Å². The number of hydrogen-bond donors (Lipinski definition) is 1. The fourth-order valence-electron chi connectivity index (χ4n) is 3.82. The van der Waals surface area contributed by atoms with E-state index in [2.05, 4.69) is 20.4 Å². The SMILES string of the molecule is Cc1cccc(-c2nc(C(C)C)no2)c1NC(=O)C1CCN(S(=O)(=O)c2cccnc2)CC1.